The summed E-state index contributed by atoms with van der Waals surface area (Å²) in [6.07, 6.45) is 21.8. The minimum Gasteiger partial charge on any atom is -0.456 e. The zero-order valence-corrected chi connectivity index (χ0v) is 36.5. The minimum atomic E-state index is -0.376. The molecule has 6 aliphatic rings. The fourth-order valence-corrected chi connectivity index (χ4v) is 12.8. The van der Waals surface area contributed by atoms with E-state index in [0.717, 1.165) is 77.4 Å². The maximum Gasteiger partial charge on any atom is 0.169 e. The summed E-state index contributed by atoms with van der Waals surface area (Å²) in [5.41, 5.74) is 14.8. The van der Waals surface area contributed by atoms with Gasteiger partial charge in [-0.05, 0) is 114 Å². The van der Waals surface area contributed by atoms with Crippen LogP contribution in [-0.2, 0) is 12.8 Å². The number of furan rings is 1. The topological polar surface area (TPSA) is 53.1 Å². The Hall–Kier alpha value is -7.02. The van der Waals surface area contributed by atoms with Crippen LogP contribution in [0.25, 0.3) is 45.9 Å². The fraction of sp³-hybridized carbons (Fsp3) is 0.172. The van der Waals surface area contributed by atoms with Crippen molar-refractivity contribution in [1.29, 1.82) is 0 Å². The highest BCUT2D eigenvalue weighted by Crippen LogP contribution is 2.53. The number of para-hydroxylation sites is 1. The molecule has 4 heterocycles. The molecule has 3 atom stereocenters. The number of hydrogen-bond acceptors (Lipinski definition) is 6. The van der Waals surface area contributed by atoms with E-state index in [9.17, 15) is 0 Å². The standard InChI is InChI=1S/C58H46N4OS/c1-58-33-32-45-44-20-11-12-23-51(44)64-54(45)53(58)46-34-40(28-30-48(46)62(58)42-18-9-4-10-19-42)41-29-31-49-47(35-41)52-43(21-13-22-50(52)63-49)36-24-26-39(27-25-36)57-60-55(37-14-5-2-6-15-37)59-56(61-57)38-16-7-3-8-17-38/h2-11,13-22,24-32,40-41,57H,12,23,33-35H2,1H3,(H,59,60,61). The lowest BCUT2D eigenvalue weighted by atomic mass is 9.74. The fourth-order valence-electron chi connectivity index (χ4n) is 11.3. The number of aliphatic imine (C=N–C) groups is 2. The van der Waals surface area contributed by atoms with Gasteiger partial charge in [0.05, 0.1) is 5.54 Å². The minimum absolute atomic E-state index is 0.142. The van der Waals surface area contributed by atoms with Gasteiger partial charge in [0, 0.05) is 48.4 Å². The molecule has 3 unspecified atom stereocenters. The van der Waals surface area contributed by atoms with Crippen molar-refractivity contribution in [3.63, 3.8) is 0 Å². The summed E-state index contributed by atoms with van der Waals surface area (Å²) in [5, 5.41) is 6.20. The number of nitrogens with zero attached hydrogens (tertiary/aromatic N) is 3. The Morgan fingerprint density at radius 3 is 2.17 bits per heavy atom. The first-order chi connectivity index (χ1) is 31.6. The van der Waals surface area contributed by atoms with Gasteiger partial charge in [-0.25, -0.2) is 9.98 Å². The van der Waals surface area contributed by atoms with Gasteiger partial charge in [-0.1, -0.05) is 146 Å². The Morgan fingerprint density at radius 2 is 1.42 bits per heavy atom. The number of thiophene rings is 1. The number of hydrogen-bond donors (Lipinski definition) is 1. The molecule has 0 amide bonds. The van der Waals surface area contributed by atoms with Crippen LogP contribution in [0.1, 0.15) is 70.8 Å². The van der Waals surface area contributed by atoms with Gasteiger partial charge in [-0.15, -0.1) is 11.3 Å². The number of anilines is 1. The van der Waals surface area contributed by atoms with Gasteiger partial charge in [-0.3, -0.25) is 0 Å². The van der Waals surface area contributed by atoms with Crippen LogP contribution in [0, 0.1) is 11.8 Å². The number of aryl methyl sites for hydroxylation is 1. The molecule has 0 fully saturated rings. The summed E-state index contributed by atoms with van der Waals surface area (Å²) < 4.78 is 8.13. The molecule has 0 spiro atoms. The molecule has 0 saturated heterocycles. The van der Waals surface area contributed by atoms with Crippen molar-refractivity contribution in [2.45, 2.75) is 50.7 Å². The Balaban J connectivity index is 0.836. The van der Waals surface area contributed by atoms with E-state index in [4.69, 9.17) is 14.4 Å². The van der Waals surface area contributed by atoms with Gasteiger partial charge in [-0.2, -0.15) is 0 Å². The lowest BCUT2D eigenvalue weighted by Crippen LogP contribution is -2.47. The average molecular weight is 847 g/mol. The third-order valence-electron chi connectivity index (χ3n) is 14.3. The van der Waals surface area contributed by atoms with Gasteiger partial charge in [0.25, 0.3) is 0 Å². The van der Waals surface area contributed by atoms with Crippen LogP contribution >= 0.6 is 11.3 Å². The van der Waals surface area contributed by atoms with Crippen LogP contribution < -0.4 is 20.0 Å². The molecule has 5 nitrogen and oxygen atoms in total. The summed E-state index contributed by atoms with van der Waals surface area (Å²) in [6.45, 7) is 2.49. The summed E-state index contributed by atoms with van der Waals surface area (Å²) in [6, 6.07) is 47.0. The van der Waals surface area contributed by atoms with E-state index in [1.807, 2.05) is 36.4 Å². The molecule has 7 aromatic rings. The zero-order chi connectivity index (χ0) is 42.4. The average Bonchev–Trinajstić information content (AvgIpc) is 4.01. The van der Waals surface area contributed by atoms with E-state index >= 15 is 0 Å². The molecular formula is C58H46N4OS. The molecule has 2 aliphatic heterocycles. The van der Waals surface area contributed by atoms with Gasteiger partial charge in [0.1, 0.15) is 23.0 Å². The van der Waals surface area contributed by atoms with Crippen LogP contribution in [0.3, 0.4) is 0 Å². The van der Waals surface area contributed by atoms with Crippen LogP contribution in [0.4, 0.5) is 5.69 Å². The Morgan fingerprint density at radius 1 is 0.719 bits per heavy atom. The van der Waals surface area contributed by atoms with Gasteiger partial charge in [0.2, 0.25) is 0 Å². The largest absolute Gasteiger partial charge is 0.456 e. The monoisotopic (exact) mass is 846 g/mol. The summed E-state index contributed by atoms with van der Waals surface area (Å²) in [5.74, 6) is 3.33. The van der Waals surface area contributed by atoms with Gasteiger partial charge >= 0.3 is 0 Å². The Labute approximate surface area is 377 Å². The molecular weight excluding hydrogens is 801 g/mol. The maximum absolute atomic E-state index is 6.64. The normalized spacial score (nSPS) is 22.0. The van der Waals surface area contributed by atoms with E-state index in [-0.39, 0.29) is 11.7 Å². The van der Waals surface area contributed by atoms with Gasteiger partial charge < -0.3 is 14.6 Å². The first kappa shape index (κ1) is 37.5. The molecule has 5 aromatic carbocycles. The van der Waals surface area contributed by atoms with Crippen molar-refractivity contribution in [1.82, 2.24) is 5.32 Å². The van der Waals surface area contributed by atoms with Crippen LogP contribution in [0.2, 0.25) is 0 Å². The highest BCUT2D eigenvalue weighted by molar-refractivity contribution is 7.10. The molecule has 0 radical (unpaired) electrons. The smallest absolute Gasteiger partial charge is 0.169 e. The number of rotatable bonds is 6. The van der Waals surface area contributed by atoms with Crippen molar-refractivity contribution < 1.29 is 4.42 Å². The third-order valence-corrected chi connectivity index (χ3v) is 15.6. The number of nitrogens with one attached hydrogen (secondary N) is 1. The maximum atomic E-state index is 6.64. The highest BCUT2D eigenvalue weighted by atomic mass is 32.1. The summed E-state index contributed by atoms with van der Waals surface area (Å²) in [4.78, 5) is 14.4. The molecule has 4 aliphatic carbocycles. The van der Waals surface area contributed by atoms with E-state index in [1.54, 1.807) is 10.5 Å². The molecule has 0 bridgehead atoms. The molecule has 0 saturated carbocycles. The predicted octanol–water partition coefficient (Wildman–Crippen LogP) is 11.9. The molecule has 310 valence electrons. The predicted molar refractivity (Wildman–Crippen MR) is 265 cm³/mol. The molecule has 2 aromatic heterocycles. The second-order valence-corrected chi connectivity index (χ2v) is 19.2. The van der Waals surface area contributed by atoms with Crippen LogP contribution in [0.15, 0.2) is 183 Å². The van der Waals surface area contributed by atoms with Crippen molar-refractivity contribution in [3.8, 4) is 11.1 Å². The number of allylic oxidation sites excluding steroid dienone is 4. The summed E-state index contributed by atoms with van der Waals surface area (Å²) in [7, 11) is 0. The number of amidine groups is 2. The third kappa shape index (κ3) is 5.96. The molecule has 1 N–H and O–H groups in total. The van der Waals surface area contributed by atoms with Gasteiger partial charge in [0.15, 0.2) is 6.17 Å². The first-order valence-corrected chi connectivity index (χ1v) is 23.6. The first-order valence-electron chi connectivity index (χ1n) is 22.7. The summed E-state index contributed by atoms with van der Waals surface area (Å²) >= 11 is 2.06. The van der Waals surface area contributed by atoms with E-state index in [1.165, 1.54) is 48.8 Å². The number of fused-ring (bicyclic) bond motifs is 8. The van der Waals surface area contributed by atoms with Crippen molar-refractivity contribution in [2.24, 2.45) is 21.8 Å². The van der Waals surface area contributed by atoms with E-state index in [2.05, 4.69) is 168 Å². The van der Waals surface area contributed by atoms with E-state index in [0.29, 0.717) is 11.8 Å². The van der Waals surface area contributed by atoms with Crippen LogP contribution in [-0.4, -0.2) is 17.2 Å². The second-order valence-electron chi connectivity index (χ2n) is 18.1. The lowest BCUT2D eigenvalue weighted by Gasteiger charge is -2.40. The Bertz CT molecular complexity index is 3290. The lowest BCUT2D eigenvalue weighted by molar-refractivity contribution is 0.459. The highest BCUT2D eigenvalue weighted by Gasteiger charge is 2.49. The molecule has 64 heavy (non-hydrogen) atoms. The SMILES string of the molecule is CC12CC=c3c4c(sc3=C1C1=C(C=CC(C3C=Cc5oc6cccc(-c7ccc(C8N=C(c9ccccc9)NC(c9ccccc9)=N8)cc7)c6c5C3)C1)N2c1ccccc1)CCC=C4. The van der Waals surface area contributed by atoms with Crippen molar-refractivity contribution in [2.75, 3.05) is 4.90 Å². The molecule has 6 heteroatoms. The molecule has 13 rings (SSSR count). The number of benzene rings is 5. The Kier molecular flexibility index (Phi) is 8.67. The van der Waals surface area contributed by atoms with E-state index < -0.39 is 0 Å². The van der Waals surface area contributed by atoms with Crippen LogP contribution in [0.5, 0.6) is 0 Å². The van der Waals surface area contributed by atoms with Crippen molar-refractivity contribution in [3.05, 3.63) is 217 Å². The van der Waals surface area contributed by atoms with Crippen molar-refractivity contribution >= 4 is 63.5 Å². The second kappa shape index (κ2) is 14.8. The quantitative estimate of drug-likeness (QED) is 0.181. The zero-order valence-electron chi connectivity index (χ0n) is 35.7.